The van der Waals surface area contributed by atoms with Crippen molar-refractivity contribution in [1.82, 2.24) is 19.3 Å². The van der Waals surface area contributed by atoms with Crippen molar-refractivity contribution in [2.45, 2.75) is 57.4 Å². The molecule has 0 bridgehead atoms. The van der Waals surface area contributed by atoms with Gasteiger partial charge in [-0.3, -0.25) is 4.68 Å². The second-order valence-corrected chi connectivity index (χ2v) is 5.73. The minimum atomic E-state index is 0.483. The van der Waals surface area contributed by atoms with Gasteiger partial charge in [0.15, 0.2) is 5.65 Å². The maximum absolute atomic E-state index is 6.11. The van der Waals surface area contributed by atoms with Crippen LogP contribution in [0.25, 0.3) is 11.2 Å². The minimum Gasteiger partial charge on any atom is -0.309 e. The number of fused-ring (bicyclic) bond motifs is 1. The van der Waals surface area contributed by atoms with Crippen LogP contribution in [0.5, 0.6) is 0 Å². The van der Waals surface area contributed by atoms with E-state index in [1.807, 2.05) is 11.7 Å². The van der Waals surface area contributed by atoms with Crippen LogP contribution in [-0.4, -0.2) is 19.3 Å². The van der Waals surface area contributed by atoms with E-state index in [2.05, 4.69) is 16.6 Å². The van der Waals surface area contributed by atoms with Crippen molar-refractivity contribution in [2.24, 2.45) is 7.05 Å². The molecule has 2 aromatic heterocycles. The average Bonchev–Trinajstić information content (AvgIpc) is 3.08. The average molecular weight is 281 g/mol. The number of hydrogen-bond acceptors (Lipinski definition) is 2. The highest BCUT2D eigenvalue weighted by molar-refractivity contribution is 6.16. The lowest BCUT2D eigenvalue weighted by atomic mass is 10.2. The monoisotopic (exact) mass is 280 g/mol. The maximum atomic E-state index is 6.11. The molecular weight excluding hydrogens is 260 g/mol. The first-order valence-electron chi connectivity index (χ1n) is 7.25. The number of aromatic nitrogens is 4. The Labute approximate surface area is 118 Å². The van der Waals surface area contributed by atoms with Gasteiger partial charge in [-0.2, -0.15) is 5.10 Å². The Balaban J connectivity index is 2.17. The summed E-state index contributed by atoms with van der Waals surface area (Å²) in [5.74, 6) is 1.49. The molecule has 0 aromatic carbocycles. The van der Waals surface area contributed by atoms with E-state index in [0.717, 1.165) is 35.5 Å². The third-order valence-electron chi connectivity index (χ3n) is 4.11. The van der Waals surface area contributed by atoms with Gasteiger partial charge in [0.1, 0.15) is 11.3 Å². The first-order valence-corrected chi connectivity index (χ1v) is 7.78. The summed E-state index contributed by atoms with van der Waals surface area (Å²) in [4.78, 5) is 4.76. The summed E-state index contributed by atoms with van der Waals surface area (Å²) >= 11 is 6.11. The SMILES string of the molecule is CCCc1nn(C)c2c1nc(CCl)n2C1CCCC1. The second-order valence-electron chi connectivity index (χ2n) is 5.46. The molecule has 1 saturated carbocycles. The fourth-order valence-electron chi connectivity index (χ4n) is 3.29. The third-order valence-corrected chi connectivity index (χ3v) is 4.34. The van der Waals surface area contributed by atoms with Crippen LogP contribution in [0.15, 0.2) is 0 Å². The molecule has 0 N–H and O–H groups in total. The molecule has 2 aromatic rings. The molecule has 104 valence electrons. The van der Waals surface area contributed by atoms with Gasteiger partial charge in [-0.1, -0.05) is 26.2 Å². The fraction of sp³-hybridized carbons (Fsp3) is 0.714. The van der Waals surface area contributed by atoms with Gasteiger partial charge in [0.05, 0.1) is 11.6 Å². The molecule has 0 saturated heterocycles. The highest BCUT2D eigenvalue weighted by Gasteiger charge is 2.25. The second kappa shape index (κ2) is 5.16. The number of hydrogen-bond donors (Lipinski definition) is 0. The summed E-state index contributed by atoms with van der Waals surface area (Å²) in [5.41, 5.74) is 3.33. The molecule has 0 amide bonds. The lowest BCUT2D eigenvalue weighted by molar-refractivity contribution is 0.506. The van der Waals surface area contributed by atoms with E-state index in [0.29, 0.717) is 11.9 Å². The van der Waals surface area contributed by atoms with E-state index >= 15 is 0 Å². The van der Waals surface area contributed by atoms with Crippen molar-refractivity contribution >= 4 is 22.8 Å². The summed E-state index contributed by atoms with van der Waals surface area (Å²) in [5, 5.41) is 4.64. The van der Waals surface area contributed by atoms with Crippen molar-refractivity contribution in [3.8, 4) is 0 Å². The standard InChI is InChI=1S/C14H21ClN4/c1-3-6-11-13-14(18(2)17-11)19(12(9-15)16-13)10-7-4-5-8-10/h10H,3-9H2,1-2H3. The summed E-state index contributed by atoms with van der Waals surface area (Å²) in [6.45, 7) is 2.18. The van der Waals surface area contributed by atoms with Crippen molar-refractivity contribution in [3.05, 3.63) is 11.5 Å². The molecule has 0 spiro atoms. The van der Waals surface area contributed by atoms with Crippen molar-refractivity contribution in [3.63, 3.8) is 0 Å². The number of aryl methyl sites for hydroxylation is 2. The van der Waals surface area contributed by atoms with Gasteiger partial charge in [-0.25, -0.2) is 4.98 Å². The summed E-state index contributed by atoms with van der Waals surface area (Å²) in [6.07, 6.45) is 7.18. The van der Waals surface area contributed by atoms with Gasteiger partial charge < -0.3 is 4.57 Å². The Kier molecular flexibility index (Phi) is 3.52. The van der Waals surface area contributed by atoms with Crippen LogP contribution in [0.4, 0.5) is 0 Å². The highest BCUT2D eigenvalue weighted by Crippen LogP contribution is 2.34. The Morgan fingerprint density at radius 1 is 1.32 bits per heavy atom. The largest absolute Gasteiger partial charge is 0.309 e. The molecule has 19 heavy (non-hydrogen) atoms. The van der Waals surface area contributed by atoms with Crippen LogP contribution in [0.1, 0.15) is 56.6 Å². The van der Waals surface area contributed by atoms with Crippen LogP contribution < -0.4 is 0 Å². The summed E-state index contributed by atoms with van der Waals surface area (Å²) in [6, 6.07) is 0.559. The quantitative estimate of drug-likeness (QED) is 0.803. The van der Waals surface area contributed by atoms with Gasteiger partial charge in [0.25, 0.3) is 0 Å². The molecule has 0 radical (unpaired) electrons. The predicted molar refractivity (Wildman–Crippen MR) is 77.6 cm³/mol. The molecule has 3 rings (SSSR count). The van der Waals surface area contributed by atoms with Crippen molar-refractivity contribution in [2.75, 3.05) is 0 Å². The van der Waals surface area contributed by atoms with Gasteiger partial charge in [-0.15, -0.1) is 11.6 Å². The minimum absolute atomic E-state index is 0.483. The van der Waals surface area contributed by atoms with Crippen LogP contribution >= 0.6 is 11.6 Å². The van der Waals surface area contributed by atoms with Gasteiger partial charge in [-0.05, 0) is 19.3 Å². The first-order chi connectivity index (χ1) is 9.26. The molecule has 4 nitrogen and oxygen atoms in total. The highest BCUT2D eigenvalue weighted by atomic mass is 35.5. The fourth-order valence-corrected chi connectivity index (χ4v) is 3.48. The predicted octanol–water partition coefficient (Wildman–Crippen LogP) is 3.58. The molecule has 1 aliphatic carbocycles. The van der Waals surface area contributed by atoms with E-state index in [1.54, 1.807) is 0 Å². The van der Waals surface area contributed by atoms with E-state index < -0.39 is 0 Å². The molecule has 5 heteroatoms. The normalized spacial score (nSPS) is 16.8. The van der Waals surface area contributed by atoms with Gasteiger partial charge >= 0.3 is 0 Å². The molecule has 1 fully saturated rings. The Morgan fingerprint density at radius 3 is 2.68 bits per heavy atom. The Bertz CT molecular complexity index is 578. The number of alkyl halides is 1. The molecule has 0 unspecified atom stereocenters. The lowest BCUT2D eigenvalue weighted by Crippen LogP contribution is -2.11. The summed E-state index contributed by atoms with van der Waals surface area (Å²) in [7, 11) is 2.02. The van der Waals surface area contributed by atoms with Gasteiger partial charge in [0.2, 0.25) is 0 Å². The molecule has 2 heterocycles. The van der Waals surface area contributed by atoms with Crippen molar-refractivity contribution in [1.29, 1.82) is 0 Å². The molecule has 0 atom stereocenters. The van der Waals surface area contributed by atoms with Crippen LogP contribution in [0.2, 0.25) is 0 Å². The van der Waals surface area contributed by atoms with E-state index in [4.69, 9.17) is 16.6 Å². The zero-order valence-corrected chi connectivity index (χ0v) is 12.4. The maximum Gasteiger partial charge on any atom is 0.158 e. The zero-order valence-electron chi connectivity index (χ0n) is 11.7. The zero-order chi connectivity index (χ0) is 13.4. The number of rotatable bonds is 4. The number of halogens is 1. The van der Waals surface area contributed by atoms with Gasteiger partial charge in [0, 0.05) is 13.1 Å². The number of imidazole rings is 1. The topological polar surface area (TPSA) is 35.6 Å². The van der Waals surface area contributed by atoms with Crippen molar-refractivity contribution < 1.29 is 0 Å². The first kappa shape index (κ1) is 13.0. The van der Waals surface area contributed by atoms with Crippen LogP contribution in [0, 0.1) is 0 Å². The molecular formula is C14H21ClN4. The summed E-state index contributed by atoms with van der Waals surface area (Å²) < 4.78 is 4.34. The lowest BCUT2D eigenvalue weighted by Gasteiger charge is -2.15. The van der Waals surface area contributed by atoms with E-state index in [9.17, 15) is 0 Å². The number of nitrogens with zero attached hydrogens (tertiary/aromatic N) is 4. The van der Waals surface area contributed by atoms with Crippen LogP contribution in [0.3, 0.4) is 0 Å². The Hall–Kier alpha value is -1.03. The van der Waals surface area contributed by atoms with E-state index in [1.165, 1.54) is 25.7 Å². The molecule has 0 aliphatic heterocycles. The third kappa shape index (κ3) is 2.06. The van der Waals surface area contributed by atoms with Crippen LogP contribution in [-0.2, 0) is 19.3 Å². The smallest absolute Gasteiger partial charge is 0.158 e. The molecule has 1 aliphatic rings. The van der Waals surface area contributed by atoms with E-state index in [-0.39, 0.29) is 0 Å². The Morgan fingerprint density at radius 2 is 2.05 bits per heavy atom.